The lowest BCUT2D eigenvalue weighted by Crippen LogP contribution is -2.55. The molecule has 0 unspecified atom stereocenters. The summed E-state index contributed by atoms with van der Waals surface area (Å²) in [4.78, 5) is 93.2. The van der Waals surface area contributed by atoms with Crippen molar-refractivity contribution in [3.8, 4) is 0 Å². The van der Waals surface area contributed by atoms with E-state index < -0.39 is 71.1 Å². The Bertz CT molecular complexity index is 1930. The molecule has 5 atom stereocenters. The highest BCUT2D eigenvalue weighted by Gasteiger charge is 2.42. The quantitative estimate of drug-likeness (QED) is 0.201. The molecule has 1 N–H and O–H groups in total. The SMILES string of the molecule is CO.COC(=O)[C@@H]1CC(=O)CCN1C(=O)OC(C)(C)C.COC(=O)[C@@H]1C[C@@H](N(C)Cc2ccccc2)CCN1C(=O)OC(C)(C)C.COC(=O)[C@@H]1C[C@H](N(C)Cc2ccccc2)CCN1C(=O)OC(C)(C)C. The number of ether oxygens (including phenoxy) is 6. The normalized spacial score (nSPS) is 20.2. The molecule has 0 aliphatic carbocycles. The molecule has 72 heavy (non-hydrogen) atoms. The maximum atomic E-state index is 12.5. The summed E-state index contributed by atoms with van der Waals surface area (Å²) in [5.74, 6) is -1.43. The molecule has 19 nitrogen and oxygen atoms in total. The average Bonchev–Trinajstić information content (AvgIpc) is 3.32. The monoisotopic (exact) mass is 1010 g/mol. The van der Waals surface area contributed by atoms with Crippen molar-refractivity contribution in [3.63, 3.8) is 0 Å². The van der Waals surface area contributed by atoms with Gasteiger partial charge in [0.05, 0.1) is 21.3 Å². The van der Waals surface area contributed by atoms with Crippen LogP contribution in [0.1, 0.15) is 112 Å². The first-order chi connectivity index (χ1) is 33.7. The van der Waals surface area contributed by atoms with Crippen molar-refractivity contribution < 1.29 is 67.1 Å². The molecule has 5 rings (SSSR count). The van der Waals surface area contributed by atoms with Crippen LogP contribution < -0.4 is 0 Å². The van der Waals surface area contributed by atoms with E-state index in [4.69, 9.17) is 28.8 Å². The first-order valence-electron chi connectivity index (χ1n) is 24.3. The first kappa shape index (κ1) is 62.3. The predicted molar refractivity (Wildman–Crippen MR) is 270 cm³/mol. The van der Waals surface area contributed by atoms with Crippen molar-refractivity contribution in [2.75, 3.05) is 62.2 Å². The third-order valence-corrected chi connectivity index (χ3v) is 11.7. The molecule has 3 aliphatic heterocycles. The molecule has 0 bridgehead atoms. The Morgan fingerprint density at radius 2 is 0.833 bits per heavy atom. The summed E-state index contributed by atoms with van der Waals surface area (Å²) in [6.45, 7) is 18.9. The fraction of sp³-hybridized carbons (Fsp3) is 0.642. The number of Topliss-reactive ketones (excluding diaryl/α,β-unsaturated/α-hetero) is 1. The van der Waals surface area contributed by atoms with Gasteiger partial charge in [-0.3, -0.25) is 29.3 Å². The summed E-state index contributed by atoms with van der Waals surface area (Å²) >= 11 is 0. The predicted octanol–water partition coefficient (Wildman–Crippen LogP) is 6.86. The zero-order chi connectivity index (χ0) is 54.6. The minimum Gasteiger partial charge on any atom is -0.467 e. The first-order valence-corrected chi connectivity index (χ1v) is 24.3. The second-order valence-electron chi connectivity index (χ2n) is 20.8. The standard InChI is InChI=1S/2C20H30N2O4.C12H19NO5.CH4O/c2*1-20(2,3)26-19(24)22-12-11-16(13-17(22)18(23)25-5)21(4)14-15-9-7-6-8-10-15;1-12(2,3)18-11(16)13-6-5-8(14)7-9(13)10(15)17-4;1-2/h2*6-10,16-17H,11-14H2,1-5H3;9H,5-7H2,1-4H3;2H,1H3/t16-,17+;16-,17-;9-;/m100./s1. The van der Waals surface area contributed by atoms with Gasteiger partial charge in [-0.05, 0) is 113 Å². The summed E-state index contributed by atoms with van der Waals surface area (Å²) in [7, 11) is 9.04. The number of amides is 3. The number of carbonyl (C=O) groups is 7. The highest BCUT2D eigenvalue weighted by molar-refractivity contribution is 5.91. The van der Waals surface area contributed by atoms with E-state index in [2.05, 4.69) is 52.9 Å². The molecule has 3 saturated heterocycles. The zero-order valence-corrected chi connectivity index (χ0v) is 45.4. The number of hydrogen-bond donors (Lipinski definition) is 1. The highest BCUT2D eigenvalue weighted by atomic mass is 16.6. The van der Waals surface area contributed by atoms with Crippen molar-refractivity contribution in [2.45, 2.75) is 161 Å². The molecule has 19 heteroatoms. The van der Waals surface area contributed by atoms with Crippen molar-refractivity contribution in [1.82, 2.24) is 24.5 Å². The number of aliphatic hydroxyl groups excluding tert-OH is 1. The number of likely N-dealkylation sites (tertiary alicyclic amines) is 3. The topological polar surface area (TPSA) is 211 Å². The molecule has 3 fully saturated rings. The fourth-order valence-electron chi connectivity index (χ4n) is 8.21. The second-order valence-corrected chi connectivity index (χ2v) is 20.8. The molecule has 0 aromatic heterocycles. The van der Waals surface area contributed by atoms with Gasteiger partial charge in [-0.1, -0.05) is 60.7 Å². The number of methoxy groups -OCH3 is 3. The van der Waals surface area contributed by atoms with Crippen LogP contribution in [0.5, 0.6) is 0 Å². The molecule has 2 aromatic carbocycles. The Balaban J connectivity index is 0.000000370. The molecule has 0 spiro atoms. The second kappa shape index (κ2) is 29.0. The van der Waals surface area contributed by atoms with E-state index in [0.29, 0.717) is 25.9 Å². The number of esters is 3. The van der Waals surface area contributed by atoms with Crippen molar-refractivity contribution >= 4 is 42.0 Å². The van der Waals surface area contributed by atoms with Gasteiger partial charge in [0.2, 0.25) is 0 Å². The summed E-state index contributed by atoms with van der Waals surface area (Å²) in [6, 6.07) is 18.7. The Hall–Kier alpha value is -5.79. The Morgan fingerprint density at radius 1 is 0.528 bits per heavy atom. The molecular formula is C53H83N5O14. The van der Waals surface area contributed by atoms with Crippen LogP contribution in [0.25, 0.3) is 0 Å². The fourth-order valence-corrected chi connectivity index (χ4v) is 8.21. The molecule has 3 amide bonds. The number of rotatable bonds is 9. The summed E-state index contributed by atoms with van der Waals surface area (Å²) in [6.07, 6.45) is 1.37. The minimum atomic E-state index is -0.869. The summed E-state index contributed by atoms with van der Waals surface area (Å²) < 4.78 is 30.6. The molecular weight excluding hydrogens is 931 g/mol. The van der Waals surface area contributed by atoms with Gasteiger partial charge in [-0.15, -0.1) is 0 Å². The molecule has 2 aromatic rings. The lowest BCUT2D eigenvalue weighted by molar-refractivity contribution is -0.150. The Kier molecular flexibility index (Phi) is 25.1. The number of piperidine rings is 3. The van der Waals surface area contributed by atoms with E-state index in [9.17, 15) is 33.6 Å². The number of carbonyl (C=O) groups excluding carboxylic acids is 7. The largest absolute Gasteiger partial charge is 0.467 e. The van der Waals surface area contributed by atoms with E-state index in [-0.39, 0.29) is 37.3 Å². The lowest BCUT2D eigenvalue weighted by Gasteiger charge is -2.41. The summed E-state index contributed by atoms with van der Waals surface area (Å²) in [5.41, 5.74) is 0.606. The minimum absolute atomic E-state index is 0.00802. The van der Waals surface area contributed by atoms with Gasteiger partial charge in [0.15, 0.2) is 0 Å². The number of aliphatic hydroxyl groups is 1. The maximum absolute atomic E-state index is 12.5. The van der Waals surface area contributed by atoms with Crippen LogP contribution in [0.15, 0.2) is 60.7 Å². The highest BCUT2D eigenvalue weighted by Crippen LogP contribution is 2.28. The van der Waals surface area contributed by atoms with Gasteiger partial charge in [0.25, 0.3) is 0 Å². The number of hydrogen-bond acceptors (Lipinski definition) is 16. The lowest BCUT2D eigenvalue weighted by atomic mass is 9.96. The van der Waals surface area contributed by atoms with E-state index in [1.54, 1.807) is 20.8 Å². The average molecular weight is 1010 g/mol. The van der Waals surface area contributed by atoms with Gasteiger partial charge < -0.3 is 33.5 Å². The van der Waals surface area contributed by atoms with Crippen molar-refractivity contribution in [1.29, 1.82) is 0 Å². The third kappa shape index (κ3) is 21.1. The maximum Gasteiger partial charge on any atom is 0.411 e. The molecule has 0 saturated carbocycles. The van der Waals surface area contributed by atoms with Crippen LogP contribution in [0, 0.1) is 0 Å². The van der Waals surface area contributed by atoms with Crippen LogP contribution in [-0.4, -0.2) is 181 Å². The van der Waals surface area contributed by atoms with Crippen LogP contribution in [0.4, 0.5) is 14.4 Å². The number of nitrogens with zero attached hydrogens (tertiary/aromatic N) is 5. The van der Waals surface area contributed by atoms with Crippen molar-refractivity contribution in [2.24, 2.45) is 0 Å². The Morgan fingerprint density at radius 3 is 1.14 bits per heavy atom. The third-order valence-electron chi connectivity index (χ3n) is 11.7. The smallest absolute Gasteiger partial charge is 0.411 e. The van der Waals surface area contributed by atoms with E-state index in [1.165, 1.54) is 47.2 Å². The molecule has 3 heterocycles. The van der Waals surface area contributed by atoms with Crippen LogP contribution >= 0.6 is 0 Å². The molecule has 3 aliphatic rings. The van der Waals surface area contributed by atoms with Gasteiger partial charge in [0.1, 0.15) is 40.7 Å². The van der Waals surface area contributed by atoms with Gasteiger partial charge in [-0.25, -0.2) is 28.8 Å². The van der Waals surface area contributed by atoms with E-state index >= 15 is 0 Å². The van der Waals surface area contributed by atoms with Gasteiger partial charge in [0, 0.05) is 64.8 Å². The Labute approximate surface area is 427 Å². The molecule has 0 radical (unpaired) electrons. The van der Waals surface area contributed by atoms with E-state index in [1.807, 2.05) is 77.9 Å². The van der Waals surface area contributed by atoms with Gasteiger partial charge in [-0.2, -0.15) is 0 Å². The van der Waals surface area contributed by atoms with Crippen LogP contribution in [0.2, 0.25) is 0 Å². The zero-order valence-electron chi connectivity index (χ0n) is 45.4. The summed E-state index contributed by atoms with van der Waals surface area (Å²) in [5, 5.41) is 7.00. The van der Waals surface area contributed by atoms with Crippen LogP contribution in [0.3, 0.4) is 0 Å². The van der Waals surface area contributed by atoms with Gasteiger partial charge >= 0.3 is 36.2 Å². The van der Waals surface area contributed by atoms with Crippen LogP contribution in [-0.2, 0) is 60.7 Å². The molecule has 404 valence electrons. The van der Waals surface area contributed by atoms with Crippen molar-refractivity contribution in [3.05, 3.63) is 71.8 Å². The number of ketones is 1. The number of benzene rings is 2. The van der Waals surface area contributed by atoms with E-state index in [0.717, 1.165) is 33.0 Å².